The third kappa shape index (κ3) is 9.50. The SMILES string of the molecule is CC/C=C\C[C@@H](O)/C=C/[C@@H]1[C@H](O)CC(=O)[C@@H]1C/C=C\C/C=C\CCC(=O)O. The second kappa shape index (κ2) is 13.2. The molecule has 0 aromatic heterocycles. The largest absolute Gasteiger partial charge is 0.481 e. The van der Waals surface area contributed by atoms with Crippen molar-refractivity contribution in [2.75, 3.05) is 0 Å². The molecule has 0 aromatic carbocycles. The predicted octanol–water partition coefficient (Wildman–Crippen LogP) is 3.58. The molecule has 0 heterocycles. The topological polar surface area (TPSA) is 94.8 Å². The quantitative estimate of drug-likeness (QED) is 0.453. The first-order chi connectivity index (χ1) is 13.0. The molecule has 0 unspecified atom stereocenters. The van der Waals surface area contributed by atoms with E-state index in [-0.39, 0.29) is 30.5 Å². The number of hydrogen-bond acceptors (Lipinski definition) is 4. The van der Waals surface area contributed by atoms with Gasteiger partial charge in [-0.15, -0.1) is 0 Å². The number of aliphatic hydroxyl groups excluding tert-OH is 2. The molecule has 3 N–H and O–H groups in total. The minimum atomic E-state index is -0.806. The van der Waals surface area contributed by atoms with Gasteiger partial charge in [-0.1, -0.05) is 55.5 Å². The molecule has 4 atom stereocenters. The number of aliphatic hydroxyl groups is 2. The molecule has 0 aromatic rings. The van der Waals surface area contributed by atoms with Crippen LogP contribution in [0.4, 0.5) is 0 Å². The molecular formula is C22H32O5. The molecule has 1 aliphatic rings. The molecule has 1 rings (SSSR count). The van der Waals surface area contributed by atoms with Crippen molar-refractivity contribution in [2.45, 2.75) is 64.1 Å². The number of carboxylic acid groups (broad SMARTS) is 1. The van der Waals surface area contributed by atoms with Gasteiger partial charge in [-0.3, -0.25) is 9.59 Å². The van der Waals surface area contributed by atoms with Crippen LogP contribution in [-0.4, -0.2) is 39.3 Å². The van der Waals surface area contributed by atoms with Gasteiger partial charge in [0.1, 0.15) is 5.78 Å². The zero-order valence-electron chi connectivity index (χ0n) is 16.0. The summed E-state index contributed by atoms with van der Waals surface area (Å²) in [5.74, 6) is -1.28. The Morgan fingerprint density at radius 3 is 2.63 bits per heavy atom. The van der Waals surface area contributed by atoms with Crippen LogP contribution in [0.15, 0.2) is 48.6 Å². The van der Waals surface area contributed by atoms with Gasteiger partial charge in [0, 0.05) is 24.7 Å². The van der Waals surface area contributed by atoms with Crippen molar-refractivity contribution in [3.63, 3.8) is 0 Å². The van der Waals surface area contributed by atoms with Crippen molar-refractivity contribution < 1.29 is 24.9 Å². The van der Waals surface area contributed by atoms with Gasteiger partial charge in [0.15, 0.2) is 0 Å². The van der Waals surface area contributed by atoms with Gasteiger partial charge in [0.2, 0.25) is 0 Å². The number of Topliss-reactive ketones (excluding diaryl/α,β-unsaturated/α-hetero) is 1. The highest BCUT2D eigenvalue weighted by Gasteiger charge is 2.39. The summed E-state index contributed by atoms with van der Waals surface area (Å²) in [5, 5.41) is 28.7. The molecule has 0 radical (unpaired) electrons. The molecule has 0 bridgehead atoms. The Labute approximate surface area is 161 Å². The van der Waals surface area contributed by atoms with Gasteiger partial charge in [-0.2, -0.15) is 0 Å². The first-order valence-electron chi connectivity index (χ1n) is 9.69. The number of aliphatic carboxylic acids is 1. The third-order valence-electron chi connectivity index (χ3n) is 4.59. The number of rotatable bonds is 12. The lowest BCUT2D eigenvalue weighted by molar-refractivity contribution is -0.136. The van der Waals surface area contributed by atoms with Crippen molar-refractivity contribution in [2.24, 2.45) is 11.8 Å². The number of carboxylic acids is 1. The Kier molecular flexibility index (Phi) is 11.3. The maximum atomic E-state index is 12.1. The van der Waals surface area contributed by atoms with E-state index in [1.54, 1.807) is 12.2 Å². The Bertz CT molecular complexity index is 573. The number of carbonyl (C=O) groups is 2. The van der Waals surface area contributed by atoms with Crippen LogP contribution in [-0.2, 0) is 9.59 Å². The van der Waals surface area contributed by atoms with E-state index in [0.29, 0.717) is 25.7 Å². The second-order valence-electron chi connectivity index (χ2n) is 6.84. The van der Waals surface area contributed by atoms with E-state index in [2.05, 4.69) is 0 Å². The molecule has 150 valence electrons. The highest BCUT2D eigenvalue weighted by Crippen LogP contribution is 2.33. The summed E-state index contributed by atoms with van der Waals surface area (Å²) < 4.78 is 0. The molecule has 1 saturated carbocycles. The average Bonchev–Trinajstić information content (AvgIpc) is 2.88. The first-order valence-corrected chi connectivity index (χ1v) is 9.69. The fraction of sp³-hybridized carbons (Fsp3) is 0.545. The summed E-state index contributed by atoms with van der Waals surface area (Å²) in [7, 11) is 0. The van der Waals surface area contributed by atoms with Crippen LogP contribution < -0.4 is 0 Å². The third-order valence-corrected chi connectivity index (χ3v) is 4.59. The normalized spacial score (nSPS) is 24.9. The average molecular weight is 376 g/mol. The highest BCUT2D eigenvalue weighted by atomic mass is 16.4. The van der Waals surface area contributed by atoms with E-state index in [4.69, 9.17) is 5.11 Å². The van der Waals surface area contributed by atoms with Crippen molar-refractivity contribution in [3.05, 3.63) is 48.6 Å². The molecule has 0 aliphatic heterocycles. The minimum absolute atomic E-state index is 0.0548. The summed E-state index contributed by atoms with van der Waals surface area (Å²) in [6, 6.07) is 0. The molecule has 5 heteroatoms. The lowest BCUT2D eigenvalue weighted by Crippen LogP contribution is -2.18. The van der Waals surface area contributed by atoms with Crippen molar-refractivity contribution >= 4 is 11.8 Å². The summed E-state index contributed by atoms with van der Waals surface area (Å²) in [6.45, 7) is 2.03. The van der Waals surface area contributed by atoms with Crippen LogP contribution in [0.3, 0.4) is 0 Å². The van der Waals surface area contributed by atoms with E-state index in [0.717, 1.165) is 6.42 Å². The fourth-order valence-corrected chi connectivity index (χ4v) is 3.10. The lowest BCUT2D eigenvalue weighted by Gasteiger charge is -2.16. The molecule has 27 heavy (non-hydrogen) atoms. The van der Waals surface area contributed by atoms with Gasteiger partial charge in [0.05, 0.1) is 12.2 Å². The smallest absolute Gasteiger partial charge is 0.303 e. The summed E-state index contributed by atoms with van der Waals surface area (Å²) >= 11 is 0. The zero-order valence-corrected chi connectivity index (χ0v) is 16.0. The van der Waals surface area contributed by atoms with Gasteiger partial charge in [-0.25, -0.2) is 0 Å². The van der Waals surface area contributed by atoms with Crippen molar-refractivity contribution in [3.8, 4) is 0 Å². The molecule has 0 spiro atoms. The van der Waals surface area contributed by atoms with Gasteiger partial charge >= 0.3 is 5.97 Å². The standard InChI is InChI=1S/C22H32O5/c1-2-3-8-11-17(23)14-15-19-18(20(24)16-21(19)25)12-9-6-4-5-7-10-13-22(26)27/h3,5-9,14-15,17-19,21,23,25H,2,4,10-13,16H2,1H3,(H,26,27)/b7-5-,8-3-,9-6-,15-14+/t17-,18-,19+,21-/m1/s1. The molecule has 1 aliphatic carbocycles. The van der Waals surface area contributed by atoms with E-state index in [1.165, 1.54) is 0 Å². The maximum Gasteiger partial charge on any atom is 0.303 e. The van der Waals surface area contributed by atoms with E-state index < -0.39 is 18.2 Å². The van der Waals surface area contributed by atoms with Gasteiger partial charge in [-0.05, 0) is 32.1 Å². The maximum absolute atomic E-state index is 12.1. The monoisotopic (exact) mass is 376 g/mol. The van der Waals surface area contributed by atoms with Gasteiger partial charge in [0.25, 0.3) is 0 Å². The predicted molar refractivity (Wildman–Crippen MR) is 106 cm³/mol. The molecular weight excluding hydrogens is 344 g/mol. The molecule has 0 amide bonds. The Morgan fingerprint density at radius 1 is 1.19 bits per heavy atom. The van der Waals surface area contributed by atoms with E-state index in [1.807, 2.05) is 43.4 Å². The van der Waals surface area contributed by atoms with Crippen LogP contribution in [0.1, 0.15) is 51.9 Å². The first kappa shape index (κ1) is 23.1. The minimum Gasteiger partial charge on any atom is -0.481 e. The highest BCUT2D eigenvalue weighted by molar-refractivity contribution is 5.84. The molecule has 0 saturated heterocycles. The van der Waals surface area contributed by atoms with Crippen LogP contribution in [0.2, 0.25) is 0 Å². The molecule has 5 nitrogen and oxygen atoms in total. The second-order valence-corrected chi connectivity index (χ2v) is 6.84. The van der Waals surface area contributed by atoms with Crippen LogP contribution in [0.5, 0.6) is 0 Å². The van der Waals surface area contributed by atoms with E-state index in [9.17, 15) is 19.8 Å². The number of allylic oxidation sites excluding steroid dienone is 5. The summed E-state index contributed by atoms with van der Waals surface area (Å²) in [6.07, 6.45) is 17.2. The van der Waals surface area contributed by atoms with Crippen LogP contribution >= 0.6 is 0 Å². The van der Waals surface area contributed by atoms with Crippen molar-refractivity contribution in [1.29, 1.82) is 0 Å². The Morgan fingerprint density at radius 2 is 1.93 bits per heavy atom. The number of hydrogen-bond donors (Lipinski definition) is 3. The molecule has 1 fully saturated rings. The van der Waals surface area contributed by atoms with Crippen LogP contribution in [0.25, 0.3) is 0 Å². The zero-order chi connectivity index (χ0) is 20.1. The van der Waals surface area contributed by atoms with Crippen LogP contribution in [0, 0.1) is 11.8 Å². The number of carbonyl (C=O) groups excluding carboxylic acids is 1. The fourth-order valence-electron chi connectivity index (χ4n) is 3.10. The van der Waals surface area contributed by atoms with Gasteiger partial charge < -0.3 is 15.3 Å². The van der Waals surface area contributed by atoms with Crippen molar-refractivity contribution in [1.82, 2.24) is 0 Å². The number of ketones is 1. The summed E-state index contributed by atoms with van der Waals surface area (Å²) in [4.78, 5) is 22.6. The Balaban J connectivity index is 2.48. The van der Waals surface area contributed by atoms with E-state index >= 15 is 0 Å². The Hall–Kier alpha value is -1.98. The lowest BCUT2D eigenvalue weighted by atomic mass is 9.90. The summed E-state index contributed by atoms with van der Waals surface area (Å²) in [5.41, 5.74) is 0.